The Hall–Kier alpha value is -1.14. The Balaban J connectivity index is -0.00000270. The normalized spacial score (nSPS) is 11.4. The zero-order chi connectivity index (χ0) is 39.2. The number of aliphatic hydroxyl groups is 1. The minimum Gasteiger partial charge on any atom is -0.466 e. The largest absolute Gasteiger partial charge is 0.466 e. The van der Waals surface area contributed by atoms with Gasteiger partial charge in [-0.1, -0.05) is 177 Å². The van der Waals surface area contributed by atoms with Crippen molar-refractivity contribution in [2.24, 2.45) is 5.92 Å². The predicted molar refractivity (Wildman–Crippen MR) is 227 cm³/mol. The third-order valence-corrected chi connectivity index (χ3v) is 9.46. The Labute approximate surface area is 326 Å². The highest BCUT2D eigenvalue weighted by Gasteiger charge is 2.19. The minimum absolute atomic E-state index is 0.0244. The first kappa shape index (κ1) is 55.2. The van der Waals surface area contributed by atoms with Gasteiger partial charge in [0.1, 0.15) is 0 Å². The van der Waals surface area contributed by atoms with Crippen molar-refractivity contribution in [1.29, 1.82) is 0 Å². The molecule has 0 amide bonds. The molecule has 6 heteroatoms. The van der Waals surface area contributed by atoms with E-state index in [0.29, 0.717) is 19.6 Å². The summed E-state index contributed by atoms with van der Waals surface area (Å²) in [5.41, 5.74) is 0. The van der Waals surface area contributed by atoms with Crippen LogP contribution < -0.4 is 0 Å². The highest BCUT2D eigenvalue weighted by atomic mass is 16.5. The van der Waals surface area contributed by atoms with E-state index in [-0.39, 0.29) is 24.5 Å². The summed E-state index contributed by atoms with van der Waals surface area (Å²) in [5.74, 6) is 0.0390. The third-order valence-electron chi connectivity index (χ3n) is 9.46. The molecule has 1 N–H and O–H groups in total. The van der Waals surface area contributed by atoms with Crippen LogP contribution in [0.25, 0.3) is 0 Å². The monoisotopic (exact) mass is 742 g/mol. The third kappa shape index (κ3) is 46.9. The van der Waals surface area contributed by atoms with Crippen LogP contribution in [-0.4, -0.2) is 61.4 Å². The van der Waals surface area contributed by atoms with Crippen molar-refractivity contribution < 1.29 is 24.2 Å². The average Bonchev–Trinajstić information content (AvgIpc) is 3.13. The lowest BCUT2D eigenvalue weighted by atomic mass is 9.94. The van der Waals surface area contributed by atoms with Crippen molar-refractivity contribution in [2.75, 3.05) is 39.5 Å². The number of ether oxygens (including phenoxy) is 2. The molecule has 0 aromatic heterocycles. The summed E-state index contributed by atoms with van der Waals surface area (Å²) < 4.78 is 11.3. The van der Waals surface area contributed by atoms with Gasteiger partial charge in [0, 0.05) is 13.0 Å². The molecule has 0 saturated heterocycles. The number of rotatable bonds is 37. The molecule has 0 radical (unpaired) electrons. The van der Waals surface area contributed by atoms with Gasteiger partial charge in [-0.15, -0.1) is 0 Å². The fourth-order valence-corrected chi connectivity index (χ4v) is 6.15. The summed E-state index contributed by atoms with van der Waals surface area (Å²) in [7, 11) is 0. The van der Waals surface area contributed by atoms with Gasteiger partial charge in [0.2, 0.25) is 0 Å². The van der Waals surface area contributed by atoms with E-state index in [4.69, 9.17) is 9.47 Å². The van der Waals surface area contributed by atoms with E-state index in [1.165, 1.54) is 109 Å². The molecule has 0 rings (SSSR count). The molecule has 0 aliphatic rings. The van der Waals surface area contributed by atoms with E-state index in [0.717, 1.165) is 96.7 Å². The summed E-state index contributed by atoms with van der Waals surface area (Å²) in [6, 6.07) is 0. The van der Waals surface area contributed by atoms with Crippen molar-refractivity contribution in [3.8, 4) is 0 Å². The first-order chi connectivity index (χ1) is 25.4. The molecular weight excluding hydrogens is 647 g/mol. The van der Waals surface area contributed by atoms with E-state index in [1.807, 2.05) is 0 Å². The number of nitrogens with zero attached hydrogens (tertiary/aromatic N) is 1. The van der Waals surface area contributed by atoms with Gasteiger partial charge < -0.3 is 19.5 Å². The summed E-state index contributed by atoms with van der Waals surface area (Å²) in [6.45, 7) is 19.5. The maximum Gasteiger partial charge on any atom is 0.308 e. The Morgan fingerprint density at radius 1 is 0.462 bits per heavy atom. The van der Waals surface area contributed by atoms with Crippen LogP contribution in [0.5, 0.6) is 0 Å². The zero-order valence-electron chi connectivity index (χ0n) is 36.6. The number of hydrogen-bond donors (Lipinski definition) is 1. The second-order valence-corrected chi connectivity index (χ2v) is 15.1. The molecule has 1 atom stereocenters. The maximum atomic E-state index is 12.9. The summed E-state index contributed by atoms with van der Waals surface area (Å²) in [5, 5.41) is 9.21. The van der Waals surface area contributed by atoms with Crippen LogP contribution in [0.1, 0.15) is 241 Å². The number of aliphatic hydroxyl groups excluding tert-OH is 1. The molecule has 0 aromatic rings. The minimum atomic E-state index is -0.0527. The Morgan fingerprint density at radius 3 is 1.29 bits per heavy atom. The van der Waals surface area contributed by atoms with E-state index in [1.54, 1.807) is 0 Å². The lowest BCUT2D eigenvalue weighted by Crippen LogP contribution is -2.28. The molecule has 0 saturated carbocycles. The van der Waals surface area contributed by atoms with Crippen LogP contribution >= 0.6 is 0 Å². The molecule has 1 unspecified atom stereocenters. The number of hydrogen-bond acceptors (Lipinski definition) is 6. The number of carbonyl (C=O) groups is 2. The fourth-order valence-electron chi connectivity index (χ4n) is 6.15. The van der Waals surface area contributed by atoms with Crippen molar-refractivity contribution in [3.63, 3.8) is 0 Å². The highest BCUT2D eigenvalue weighted by Crippen LogP contribution is 2.21. The van der Waals surface area contributed by atoms with Crippen molar-refractivity contribution in [2.45, 2.75) is 241 Å². The van der Waals surface area contributed by atoms with Crippen LogP contribution in [0.4, 0.5) is 0 Å². The topological polar surface area (TPSA) is 76.1 Å². The van der Waals surface area contributed by atoms with E-state index in [9.17, 15) is 14.7 Å². The van der Waals surface area contributed by atoms with Gasteiger partial charge in [-0.25, -0.2) is 0 Å². The number of esters is 2. The van der Waals surface area contributed by atoms with Crippen LogP contribution in [0.2, 0.25) is 0 Å². The molecule has 0 heterocycles. The standard InChI is InChI=1S/C38H75NO5.C5H12.C3H8/c1-4-7-10-13-15-17-20-29-37(41)43-34-25-22-31-39(30-21-24-33-40)32-23-26-35-44-38(42)36(27-18-12-9-6-3)28-19-16-14-11-8-5-2;1-3-5-4-2;1-3-2/h36,40H,4-35H2,1-3H3;3-5H2,1-2H3;3H2,1-2H3. The van der Waals surface area contributed by atoms with Crippen molar-refractivity contribution in [3.05, 3.63) is 0 Å². The molecule has 0 spiro atoms. The van der Waals surface area contributed by atoms with Gasteiger partial charge in [-0.3, -0.25) is 9.59 Å². The number of carbonyl (C=O) groups excluding carboxylic acids is 2. The quantitative estimate of drug-likeness (QED) is 0.0505. The molecule has 52 heavy (non-hydrogen) atoms. The lowest BCUT2D eigenvalue weighted by molar-refractivity contribution is -0.149. The highest BCUT2D eigenvalue weighted by molar-refractivity contribution is 5.72. The first-order valence-electron chi connectivity index (χ1n) is 23.1. The molecule has 314 valence electrons. The smallest absolute Gasteiger partial charge is 0.308 e. The SMILES string of the molecule is CCC.CCCCC.CCCCCCCCCC(=O)OCCCCN(CCCCO)CCCCOC(=O)C(CCCCCC)CCCCCCCC. The van der Waals surface area contributed by atoms with Crippen LogP contribution in [0.3, 0.4) is 0 Å². The summed E-state index contributed by atoms with van der Waals surface area (Å²) in [4.78, 5) is 27.4. The Bertz CT molecular complexity index is 671. The van der Waals surface area contributed by atoms with Gasteiger partial charge >= 0.3 is 11.9 Å². The Kier molecular flexibility index (Phi) is 52.9. The van der Waals surface area contributed by atoms with Gasteiger partial charge in [0.05, 0.1) is 19.1 Å². The second-order valence-electron chi connectivity index (χ2n) is 15.1. The number of unbranched alkanes of at least 4 members (excludes halogenated alkanes) is 19. The fraction of sp³-hybridized carbons (Fsp3) is 0.957. The van der Waals surface area contributed by atoms with Crippen LogP contribution in [-0.2, 0) is 19.1 Å². The second kappa shape index (κ2) is 49.9. The van der Waals surface area contributed by atoms with Gasteiger partial charge in [-0.05, 0) is 77.4 Å². The van der Waals surface area contributed by atoms with E-state index >= 15 is 0 Å². The lowest BCUT2D eigenvalue weighted by Gasteiger charge is -2.22. The zero-order valence-corrected chi connectivity index (χ0v) is 36.6. The molecular formula is C46H95NO5. The van der Waals surface area contributed by atoms with Crippen LogP contribution in [0, 0.1) is 5.92 Å². The van der Waals surface area contributed by atoms with Crippen molar-refractivity contribution in [1.82, 2.24) is 4.90 Å². The predicted octanol–water partition coefficient (Wildman–Crippen LogP) is 13.8. The molecule has 6 nitrogen and oxygen atoms in total. The molecule has 0 aliphatic carbocycles. The Morgan fingerprint density at radius 2 is 0.846 bits per heavy atom. The summed E-state index contributed by atoms with van der Waals surface area (Å²) >= 11 is 0. The van der Waals surface area contributed by atoms with Crippen LogP contribution in [0.15, 0.2) is 0 Å². The van der Waals surface area contributed by atoms with Gasteiger partial charge in [-0.2, -0.15) is 0 Å². The van der Waals surface area contributed by atoms with Crippen molar-refractivity contribution >= 4 is 11.9 Å². The first-order valence-corrected chi connectivity index (χ1v) is 23.1. The molecule has 0 bridgehead atoms. The van der Waals surface area contributed by atoms with Gasteiger partial charge in [0.25, 0.3) is 0 Å². The van der Waals surface area contributed by atoms with E-state index in [2.05, 4.69) is 53.4 Å². The molecule has 0 aromatic carbocycles. The van der Waals surface area contributed by atoms with Gasteiger partial charge in [0.15, 0.2) is 0 Å². The maximum absolute atomic E-state index is 12.9. The molecule has 0 fully saturated rings. The average molecular weight is 742 g/mol. The van der Waals surface area contributed by atoms with E-state index < -0.39 is 0 Å². The summed E-state index contributed by atoms with van der Waals surface area (Å²) in [6.07, 6.45) is 34.2. The molecule has 0 aliphatic heterocycles.